The van der Waals surface area contributed by atoms with Crippen LogP contribution < -0.4 is 0 Å². The molecule has 1 atom stereocenters. The van der Waals surface area contributed by atoms with Crippen molar-refractivity contribution in [3.8, 4) is 11.4 Å². The molecular weight excluding hydrogens is 294 g/mol. The summed E-state index contributed by atoms with van der Waals surface area (Å²) in [6.45, 7) is -1.41. The molecule has 1 aromatic carbocycles. The molecule has 0 saturated carbocycles. The Morgan fingerprint density at radius 3 is 2.77 bits per heavy atom. The number of hydrogen-bond acceptors (Lipinski definition) is 5. The lowest BCUT2D eigenvalue weighted by molar-refractivity contribution is 0.199. The Bertz CT molecular complexity index is 678. The van der Waals surface area contributed by atoms with Crippen molar-refractivity contribution in [3.63, 3.8) is 0 Å². The molecule has 0 fully saturated rings. The first-order valence-corrected chi connectivity index (χ1v) is 8.14. The maximum Gasteiger partial charge on any atom is 0.159 e. The van der Waals surface area contributed by atoms with Gasteiger partial charge in [0.2, 0.25) is 0 Å². The molecule has 1 unspecified atom stereocenters. The first-order chi connectivity index (χ1) is 11.8. The molecule has 4 nitrogen and oxygen atoms in total. The van der Waals surface area contributed by atoms with Gasteiger partial charge in [-0.3, -0.25) is 0 Å². The Morgan fingerprint density at radius 2 is 2.09 bits per heavy atom. The lowest BCUT2D eigenvalue weighted by Crippen LogP contribution is -2.13. The molecule has 5 heteroatoms. The second-order valence-corrected chi connectivity index (χ2v) is 6.44. The molecule has 0 radical (unpaired) electrons. The first kappa shape index (κ1) is 13.0. The number of rotatable bonds is 7. The van der Waals surface area contributed by atoms with E-state index in [1.807, 2.05) is 0 Å². The number of thioether (sulfide) groups is 1. The van der Waals surface area contributed by atoms with Crippen molar-refractivity contribution in [2.45, 2.75) is 24.3 Å². The van der Waals surface area contributed by atoms with Crippen LogP contribution >= 0.6 is 11.8 Å². The van der Waals surface area contributed by atoms with Crippen molar-refractivity contribution < 1.29 is 9.22 Å². The van der Waals surface area contributed by atoms with Crippen molar-refractivity contribution in [1.29, 1.82) is 0 Å². The molecule has 0 bridgehead atoms. The highest BCUT2D eigenvalue weighted by Gasteiger charge is 2.06. The lowest BCUT2D eigenvalue weighted by atomic mass is 10.1. The molecule has 1 aromatic heterocycles. The van der Waals surface area contributed by atoms with E-state index in [1.165, 1.54) is 0 Å². The Balaban J connectivity index is 2.04. The standard InChI is InChI=1S/C17H23N3OS/c1-13(21)14-6-4-7-15(10-14)17-18-11-16(12-19-17)22-9-5-8-20(2)3/h4,6-7,10-13,21H,5,8-9H2,1-3H3/i1D3. The van der Waals surface area contributed by atoms with Crippen LogP contribution in [-0.2, 0) is 0 Å². The minimum absolute atomic E-state index is 0.336. The van der Waals surface area contributed by atoms with Crippen LogP contribution in [0.2, 0.25) is 0 Å². The number of aromatic nitrogens is 2. The number of aliphatic hydroxyl groups is 1. The predicted molar refractivity (Wildman–Crippen MR) is 92.0 cm³/mol. The molecule has 0 aliphatic heterocycles. The van der Waals surface area contributed by atoms with E-state index in [9.17, 15) is 5.11 Å². The van der Waals surface area contributed by atoms with E-state index in [1.54, 1.807) is 48.4 Å². The van der Waals surface area contributed by atoms with Crippen LogP contribution in [-0.4, -0.2) is 46.4 Å². The summed E-state index contributed by atoms with van der Waals surface area (Å²) >= 11 is 1.71. The normalized spacial score (nSPS) is 15.2. The summed E-state index contributed by atoms with van der Waals surface area (Å²) in [5.74, 6) is 1.51. The second kappa shape index (κ2) is 8.27. The van der Waals surface area contributed by atoms with Crippen molar-refractivity contribution in [2.24, 2.45) is 0 Å². The SMILES string of the molecule is [2H]C([2H])([2H])C(O)c1cccc(-c2ncc(SCCCN(C)C)cn2)c1. The maximum absolute atomic E-state index is 9.92. The van der Waals surface area contributed by atoms with Gasteiger partial charge in [-0.1, -0.05) is 18.2 Å². The molecule has 0 amide bonds. The van der Waals surface area contributed by atoms with E-state index in [2.05, 4.69) is 29.0 Å². The minimum atomic E-state index is -2.45. The Kier molecular flexibility index (Phi) is 4.90. The van der Waals surface area contributed by atoms with Gasteiger partial charge in [0, 0.05) is 27.0 Å². The fourth-order valence-electron chi connectivity index (χ4n) is 1.96. The molecule has 0 aliphatic rings. The smallest absolute Gasteiger partial charge is 0.159 e. The highest BCUT2D eigenvalue weighted by atomic mass is 32.2. The molecule has 2 aromatic rings. The summed E-state index contributed by atoms with van der Waals surface area (Å²) in [6.07, 6.45) is 3.12. The third kappa shape index (κ3) is 5.09. The van der Waals surface area contributed by atoms with E-state index in [0.717, 1.165) is 23.6 Å². The second-order valence-electron chi connectivity index (χ2n) is 5.28. The zero-order chi connectivity index (χ0) is 18.4. The Morgan fingerprint density at radius 1 is 1.32 bits per heavy atom. The van der Waals surface area contributed by atoms with Crippen LogP contribution in [0.5, 0.6) is 0 Å². The third-order valence-corrected chi connectivity index (χ3v) is 4.14. The first-order valence-electron chi connectivity index (χ1n) is 8.65. The molecule has 0 spiro atoms. The van der Waals surface area contributed by atoms with Gasteiger partial charge in [0.15, 0.2) is 5.82 Å². The summed E-state index contributed by atoms with van der Waals surface area (Å²) in [7, 11) is 4.11. The molecule has 0 saturated heterocycles. The van der Waals surface area contributed by atoms with Gasteiger partial charge in [0.25, 0.3) is 0 Å². The van der Waals surface area contributed by atoms with E-state index in [4.69, 9.17) is 4.11 Å². The summed E-state index contributed by atoms with van der Waals surface area (Å²) in [4.78, 5) is 11.9. The summed E-state index contributed by atoms with van der Waals surface area (Å²) < 4.78 is 22.0. The van der Waals surface area contributed by atoms with E-state index < -0.39 is 13.0 Å². The highest BCUT2D eigenvalue weighted by Crippen LogP contribution is 2.22. The largest absolute Gasteiger partial charge is 0.389 e. The predicted octanol–water partition coefficient (Wildman–Crippen LogP) is 3.24. The third-order valence-electron chi connectivity index (χ3n) is 3.11. The molecule has 1 N–H and O–H groups in total. The highest BCUT2D eigenvalue weighted by molar-refractivity contribution is 7.99. The number of nitrogens with zero attached hydrogens (tertiary/aromatic N) is 3. The van der Waals surface area contributed by atoms with Gasteiger partial charge in [0.1, 0.15) is 0 Å². The van der Waals surface area contributed by atoms with Crippen LogP contribution in [0.4, 0.5) is 0 Å². The summed E-state index contributed by atoms with van der Waals surface area (Å²) in [5, 5.41) is 9.92. The summed E-state index contributed by atoms with van der Waals surface area (Å²) in [6, 6.07) is 6.72. The van der Waals surface area contributed by atoms with Gasteiger partial charge >= 0.3 is 0 Å². The zero-order valence-corrected chi connectivity index (χ0v) is 13.7. The van der Waals surface area contributed by atoms with Crippen LogP contribution in [0.1, 0.15) is 29.1 Å². The van der Waals surface area contributed by atoms with Crippen LogP contribution in [0.3, 0.4) is 0 Å². The van der Waals surface area contributed by atoms with Crippen LogP contribution in [0.15, 0.2) is 41.6 Å². The quantitative estimate of drug-likeness (QED) is 0.627. The van der Waals surface area contributed by atoms with Crippen LogP contribution in [0.25, 0.3) is 11.4 Å². The molecule has 2 rings (SSSR count). The van der Waals surface area contributed by atoms with E-state index >= 15 is 0 Å². The molecule has 22 heavy (non-hydrogen) atoms. The van der Waals surface area contributed by atoms with Gasteiger partial charge in [-0.15, -0.1) is 11.8 Å². The van der Waals surface area contributed by atoms with Gasteiger partial charge < -0.3 is 10.0 Å². The Labute approximate surface area is 140 Å². The summed E-state index contributed by atoms with van der Waals surface area (Å²) in [5.41, 5.74) is 1.02. The van der Waals surface area contributed by atoms with Crippen LogP contribution in [0, 0.1) is 0 Å². The molecule has 0 aliphatic carbocycles. The molecule has 1 heterocycles. The molecule has 118 valence electrons. The van der Waals surface area contributed by atoms with Gasteiger partial charge in [0.05, 0.1) is 6.10 Å². The minimum Gasteiger partial charge on any atom is -0.389 e. The number of benzene rings is 1. The average molecular weight is 320 g/mol. The average Bonchev–Trinajstić information content (AvgIpc) is 2.58. The topological polar surface area (TPSA) is 49.3 Å². The van der Waals surface area contributed by atoms with Crippen molar-refractivity contribution >= 4 is 11.8 Å². The van der Waals surface area contributed by atoms with E-state index in [-0.39, 0.29) is 0 Å². The fourth-order valence-corrected chi connectivity index (χ4v) is 2.72. The monoisotopic (exact) mass is 320 g/mol. The number of hydrogen-bond donors (Lipinski definition) is 1. The van der Waals surface area contributed by atoms with E-state index in [0.29, 0.717) is 17.0 Å². The maximum atomic E-state index is 9.92. The van der Waals surface area contributed by atoms with Crippen molar-refractivity contribution in [3.05, 3.63) is 42.2 Å². The van der Waals surface area contributed by atoms with Gasteiger partial charge in [-0.25, -0.2) is 9.97 Å². The van der Waals surface area contributed by atoms with Crippen molar-refractivity contribution in [2.75, 3.05) is 26.4 Å². The van der Waals surface area contributed by atoms with Gasteiger partial charge in [-0.05, 0) is 51.3 Å². The fraction of sp³-hybridized carbons (Fsp3) is 0.412. The number of aliphatic hydroxyl groups excluding tert-OH is 1. The van der Waals surface area contributed by atoms with Gasteiger partial charge in [-0.2, -0.15) is 0 Å². The van der Waals surface area contributed by atoms with Crippen molar-refractivity contribution in [1.82, 2.24) is 14.9 Å². The lowest BCUT2D eigenvalue weighted by Gasteiger charge is -2.09. The molecular formula is C17H23N3OS. The zero-order valence-electron chi connectivity index (χ0n) is 15.9. The Hall–Kier alpha value is -1.43.